The standard InChI is InChI=1S/C8H7BF2O/c9-3-5-1-7(10)8(11)2-6(5)4-12/h1-2,12H,3-4H2. The van der Waals surface area contributed by atoms with Crippen LogP contribution in [0.2, 0.25) is 0 Å². The summed E-state index contributed by atoms with van der Waals surface area (Å²) in [5.74, 6) is -1.90. The smallest absolute Gasteiger partial charge is 0.159 e. The topological polar surface area (TPSA) is 20.2 Å². The molecule has 0 amide bonds. The molecule has 1 rings (SSSR count). The van der Waals surface area contributed by atoms with Gasteiger partial charge in [0.15, 0.2) is 11.6 Å². The number of aliphatic hydroxyl groups excluding tert-OH is 1. The molecular formula is C8H7BF2O. The van der Waals surface area contributed by atoms with Gasteiger partial charge in [-0.1, -0.05) is 6.32 Å². The Balaban J connectivity index is 3.19. The van der Waals surface area contributed by atoms with Gasteiger partial charge in [-0.3, -0.25) is 0 Å². The highest BCUT2D eigenvalue weighted by Gasteiger charge is 2.06. The minimum absolute atomic E-state index is 0.0904. The van der Waals surface area contributed by atoms with E-state index in [4.69, 9.17) is 13.0 Å². The van der Waals surface area contributed by atoms with Crippen molar-refractivity contribution in [2.24, 2.45) is 0 Å². The van der Waals surface area contributed by atoms with Crippen LogP contribution in [0.15, 0.2) is 12.1 Å². The van der Waals surface area contributed by atoms with Crippen molar-refractivity contribution < 1.29 is 13.9 Å². The number of hydrogen-bond donors (Lipinski definition) is 1. The Morgan fingerprint density at radius 2 is 1.67 bits per heavy atom. The second kappa shape index (κ2) is 3.67. The lowest BCUT2D eigenvalue weighted by atomic mass is 9.93. The van der Waals surface area contributed by atoms with Crippen molar-refractivity contribution in [3.8, 4) is 0 Å². The van der Waals surface area contributed by atoms with Gasteiger partial charge >= 0.3 is 0 Å². The maximum Gasteiger partial charge on any atom is 0.159 e. The second-order valence-electron chi connectivity index (χ2n) is 2.40. The van der Waals surface area contributed by atoms with Gasteiger partial charge in [0.2, 0.25) is 0 Å². The van der Waals surface area contributed by atoms with Gasteiger partial charge in [-0.05, 0) is 23.3 Å². The van der Waals surface area contributed by atoms with Crippen LogP contribution < -0.4 is 0 Å². The number of benzene rings is 1. The maximum atomic E-state index is 12.6. The number of rotatable bonds is 2. The molecule has 0 saturated carbocycles. The molecule has 0 fully saturated rings. The van der Waals surface area contributed by atoms with Crippen LogP contribution >= 0.6 is 0 Å². The minimum atomic E-state index is -0.962. The molecule has 0 unspecified atom stereocenters. The van der Waals surface area contributed by atoms with Gasteiger partial charge in [0.25, 0.3) is 0 Å². The first-order valence-electron chi connectivity index (χ1n) is 3.46. The van der Waals surface area contributed by atoms with Crippen LogP contribution in [0.25, 0.3) is 0 Å². The first-order chi connectivity index (χ1) is 5.69. The number of aliphatic hydroxyl groups is 1. The van der Waals surface area contributed by atoms with Gasteiger partial charge in [-0.2, -0.15) is 0 Å². The molecule has 0 aliphatic heterocycles. The molecule has 0 atom stereocenters. The molecule has 0 aromatic heterocycles. The summed E-state index contributed by atoms with van der Waals surface area (Å²) < 4.78 is 25.1. The Labute approximate surface area is 70.4 Å². The van der Waals surface area contributed by atoms with E-state index in [0.29, 0.717) is 11.1 Å². The van der Waals surface area contributed by atoms with E-state index < -0.39 is 11.6 Å². The highest BCUT2D eigenvalue weighted by molar-refractivity contribution is 6.08. The van der Waals surface area contributed by atoms with Crippen molar-refractivity contribution in [2.75, 3.05) is 0 Å². The zero-order valence-corrected chi connectivity index (χ0v) is 6.35. The summed E-state index contributed by atoms with van der Waals surface area (Å²) in [6.45, 7) is -0.330. The molecule has 0 aliphatic carbocycles. The number of hydrogen-bond acceptors (Lipinski definition) is 1. The fraction of sp³-hybridized carbons (Fsp3) is 0.250. The van der Waals surface area contributed by atoms with Crippen molar-refractivity contribution in [2.45, 2.75) is 12.9 Å². The van der Waals surface area contributed by atoms with Crippen molar-refractivity contribution in [1.29, 1.82) is 0 Å². The van der Waals surface area contributed by atoms with Crippen molar-refractivity contribution in [1.82, 2.24) is 0 Å². The predicted molar refractivity (Wildman–Crippen MR) is 41.7 cm³/mol. The molecule has 1 nitrogen and oxygen atoms in total. The molecule has 0 aliphatic rings. The average Bonchev–Trinajstić information content (AvgIpc) is 2.09. The van der Waals surface area contributed by atoms with E-state index in [-0.39, 0.29) is 12.9 Å². The van der Waals surface area contributed by atoms with Crippen LogP contribution in [0.5, 0.6) is 0 Å². The van der Waals surface area contributed by atoms with E-state index in [9.17, 15) is 8.78 Å². The second-order valence-corrected chi connectivity index (χ2v) is 2.40. The Kier molecular flexibility index (Phi) is 2.81. The van der Waals surface area contributed by atoms with E-state index in [0.717, 1.165) is 12.1 Å². The first-order valence-corrected chi connectivity index (χ1v) is 3.46. The molecule has 0 saturated heterocycles. The van der Waals surface area contributed by atoms with E-state index >= 15 is 0 Å². The molecule has 1 aromatic rings. The molecule has 1 N–H and O–H groups in total. The normalized spacial score (nSPS) is 10.2. The number of halogens is 2. The third-order valence-corrected chi connectivity index (χ3v) is 1.63. The molecule has 0 spiro atoms. The fourth-order valence-corrected chi connectivity index (χ4v) is 0.966. The molecule has 0 bridgehead atoms. The highest BCUT2D eigenvalue weighted by atomic mass is 19.2. The summed E-state index contributed by atoms with van der Waals surface area (Å²) in [5.41, 5.74) is 0.757. The monoisotopic (exact) mass is 168 g/mol. The molecule has 12 heavy (non-hydrogen) atoms. The summed E-state index contributed by atoms with van der Waals surface area (Å²) in [6, 6.07) is 1.96. The minimum Gasteiger partial charge on any atom is -0.392 e. The van der Waals surface area contributed by atoms with Gasteiger partial charge in [0.05, 0.1) is 14.5 Å². The fourth-order valence-electron chi connectivity index (χ4n) is 0.966. The maximum absolute atomic E-state index is 12.6. The van der Waals surface area contributed by atoms with E-state index in [1.165, 1.54) is 0 Å². The summed E-state index contributed by atoms with van der Waals surface area (Å²) >= 11 is 0. The lowest BCUT2D eigenvalue weighted by Gasteiger charge is -2.05. The molecule has 62 valence electrons. The zero-order chi connectivity index (χ0) is 9.14. The summed E-state index contributed by atoms with van der Waals surface area (Å²) in [4.78, 5) is 0. The van der Waals surface area contributed by atoms with Crippen LogP contribution in [0, 0.1) is 11.6 Å². The third kappa shape index (κ3) is 1.64. The van der Waals surface area contributed by atoms with E-state index in [1.54, 1.807) is 0 Å². The van der Waals surface area contributed by atoms with Gasteiger partial charge in [-0.15, -0.1) is 0 Å². The van der Waals surface area contributed by atoms with E-state index in [2.05, 4.69) is 0 Å². The molecule has 4 heteroatoms. The van der Waals surface area contributed by atoms with Gasteiger partial charge in [0, 0.05) is 0 Å². The Morgan fingerprint density at radius 1 is 1.17 bits per heavy atom. The van der Waals surface area contributed by atoms with Gasteiger partial charge in [0.1, 0.15) is 0 Å². The molecule has 1 aromatic carbocycles. The van der Waals surface area contributed by atoms with Crippen molar-refractivity contribution >= 4 is 7.85 Å². The largest absolute Gasteiger partial charge is 0.392 e. The van der Waals surface area contributed by atoms with Crippen LogP contribution in [0.3, 0.4) is 0 Å². The van der Waals surface area contributed by atoms with Crippen molar-refractivity contribution in [3.63, 3.8) is 0 Å². The first kappa shape index (κ1) is 9.19. The lowest BCUT2D eigenvalue weighted by Crippen LogP contribution is -1.98. The Bertz CT molecular complexity index is 260. The van der Waals surface area contributed by atoms with Crippen LogP contribution in [0.1, 0.15) is 11.1 Å². The Morgan fingerprint density at radius 3 is 2.08 bits per heavy atom. The van der Waals surface area contributed by atoms with Crippen LogP contribution in [-0.4, -0.2) is 13.0 Å². The average molecular weight is 168 g/mol. The van der Waals surface area contributed by atoms with Gasteiger partial charge in [-0.25, -0.2) is 8.78 Å². The zero-order valence-electron chi connectivity index (χ0n) is 6.35. The third-order valence-electron chi connectivity index (χ3n) is 1.63. The summed E-state index contributed by atoms with van der Waals surface area (Å²) in [6.07, 6.45) is 0.0904. The van der Waals surface area contributed by atoms with E-state index in [1.807, 2.05) is 0 Å². The van der Waals surface area contributed by atoms with Crippen LogP contribution in [0.4, 0.5) is 8.78 Å². The summed E-state index contributed by atoms with van der Waals surface area (Å²) in [7, 11) is 5.24. The van der Waals surface area contributed by atoms with Crippen LogP contribution in [-0.2, 0) is 12.9 Å². The molecular weight excluding hydrogens is 161 g/mol. The predicted octanol–water partition coefficient (Wildman–Crippen LogP) is 1.13. The molecule has 2 radical (unpaired) electrons. The Hall–Kier alpha value is -0.895. The lowest BCUT2D eigenvalue weighted by molar-refractivity contribution is 0.280. The molecule has 0 heterocycles. The quantitative estimate of drug-likeness (QED) is 0.656. The highest BCUT2D eigenvalue weighted by Crippen LogP contribution is 2.14. The van der Waals surface area contributed by atoms with Gasteiger partial charge < -0.3 is 5.11 Å². The van der Waals surface area contributed by atoms with Crippen molar-refractivity contribution in [3.05, 3.63) is 34.9 Å². The summed E-state index contributed by atoms with van der Waals surface area (Å²) in [5, 5.41) is 8.72. The SMILES string of the molecule is [B]Cc1cc(F)c(F)cc1CO.